The molecule has 2 aromatic rings. The number of hydrogen-bond donors (Lipinski definition) is 1. The molecular formula is C20H21F3N2O3. The van der Waals surface area contributed by atoms with Crippen molar-refractivity contribution in [2.75, 3.05) is 24.6 Å². The van der Waals surface area contributed by atoms with Crippen LogP contribution in [-0.4, -0.2) is 31.5 Å². The monoisotopic (exact) mass is 394 g/mol. The molecule has 2 amide bonds. The Kier molecular flexibility index (Phi) is 7.43. The van der Waals surface area contributed by atoms with Crippen molar-refractivity contribution in [2.24, 2.45) is 0 Å². The zero-order chi connectivity index (χ0) is 20.6. The van der Waals surface area contributed by atoms with Gasteiger partial charge in [-0.3, -0.25) is 9.59 Å². The van der Waals surface area contributed by atoms with Gasteiger partial charge in [-0.05, 0) is 36.4 Å². The summed E-state index contributed by atoms with van der Waals surface area (Å²) in [6.07, 6.45) is -4.29. The first-order chi connectivity index (χ1) is 13.3. The highest BCUT2D eigenvalue weighted by atomic mass is 19.4. The number of benzene rings is 2. The average molecular weight is 394 g/mol. The zero-order valence-corrected chi connectivity index (χ0v) is 15.3. The summed E-state index contributed by atoms with van der Waals surface area (Å²) < 4.78 is 43.4. The number of carbonyl (C=O) groups is 2. The number of para-hydroxylation sites is 1. The number of anilines is 1. The lowest BCUT2D eigenvalue weighted by Gasteiger charge is -2.22. The third-order valence-electron chi connectivity index (χ3n) is 3.89. The van der Waals surface area contributed by atoms with E-state index in [-0.39, 0.29) is 37.9 Å². The minimum Gasteiger partial charge on any atom is -0.493 e. The maximum atomic E-state index is 12.6. The van der Waals surface area contributed by atoms with E-state index in [1.165, 1.54) is 24.0 Å². The lowest BCUT2D eigenvalue weighted by molar-refractivity contribution is -0.137. The number of carbonyl (C=O) groups excluding carboxylic acids is 2. The molecule has 1 N–H and O–H groups in total. The Bertz CT molecular complexity index is 778. The molecule has 0 unspecified atom stereocenters. The fraction of sp³-hybridized carbons (Fsp3) is 0.300. The lowest BCUT2D eigenvalue weighted by atomic mass is 10.2. The van der Waals surface area contributed by atoms with Crippen LogP contribution in [0.15, 0.2) is 54.6 Å². The molecule has 0 radical (unpaired) electrons. The number of alkyl halides is 3. The lowest BCUT2D eigenvalue weighted by Crippen LogP contribution is -2.37. The molecule has 150 valence electrons. The quantitative estimate of drug-likeness (QED) is 0.744. The Morgan fingerprint density at radius 3 is 2.25 bits per heavy atom. The van der Waals surface area contributed by atoms with Crippen LogP contribution in [0.25, 0.3) is 0 Å². The molecule has 0 bridgehead atoms. The highest BCUT2D eigenvalue weighted by Gasteiger charge is 2.30. The van der Waals surface area contributed by atoms with E-state index >= 15 is 0 Å². The van der Waals surface area contributed by atoms with Crippen molar-refractivity contribution in [2.45, 2.75) is 19.5 Å². The van der Waals surface area contributed by atoms with Crippen molar-refractivity contribution in [1.82, 2.24) is 5.32 Å². The smallest absolute Gasteiger partial charge is 0.416 e. The van der Waals surface area contributed by atoms with Crippen molar-refractivity contribution in [3.63, 3.8) is 0 Å². The largest absolute Gasteiger partial charge is 0.493 e. The van der Waals surface area contributed by atoms with Gasteiger partial charge in [-0.2, -0.15) is 13.2 Å². The van der Waals surface area contributed by atoms with Gasteiger partial charge in [0.1, 0.15) is 5.75 Å². The Balaban J connectivity index is 1.79. The fourth-order valence-corrected chi connectivity index (χ4v) is 2.47. The van der Waals surface area contributed by atoms with Crippen LogP contribution >= 0.6 is 0 Å². The second-order valence-electron chi connectivity index (χ2n) is 5.98. The molecule has 8 heteroatoms. The summed E-state index contributed by atoms with van der Waals surface area (Å²) in [5, 5.41) is 2.67. The van der Waals surface area contributed by atoms with E-state index in [0.717, 1.165) is 12.1 Å². The second kappa shape index (κ2) is 9.77. The molecule has 0 fully saturated rings. The summed E-state index contributed by atoms with van der Waals surface area (Å²) in [4.78, 5) is 25.0. The van der Waals surface area contributed by atoms with E-state index in [0.29, 0.717) is 11.4 Å². The first-order valence-electron chi connectivity index (χ1n) is 8.67. The molecule has 0 aliphatic rings. The van der Waals surface area contributed by atoms with Crippen molar-refractivity contribution in [1.29, 1.82) is 0 Å². The molecule has 0 heterocycles. The summed E-state index contributed by atoms with van der Waals surface area (Å²) >= 11 is 0. The summed E-state index contributed by atoms with van der Waals surface area (Å²) in [5.74, 6) is 0.0913. The van der Waals surface area contributed by atoms with Gasteiger partial charge in [-0.25, -0.2) is 0 Å². The van der Waals surface area contributed by atoms with E-state index < -0.39 is 11.7 Å². The van der Waals surface area contributed by atoms with Crippen LogP contribution in [0, 0.1) is 0 Å². The third kappa shape index (κ3) is 6.61. The molecule has 0 saturated carbocycles. The standard InChI is InChI=1S/C20H21F3N2O3/c1-15(26)25(17-9-7-16(8-10-17)20(21,22)23)13-12-24-19(27)11-14-28-18-5-3-2-4-6-18/h2-10H,11-14H2,1H3,(H,24,27). The Hall–Kier alpha value is -3.03. The number of halogens is 3. The molecule has 0 atom stereocenters. The SMILES string of the molecule is CC(=O)N(CCNC(=O)CCOc1ccccc1)c1ccc(C(F)(F)F)cc1. The first-order valence-corrected chi connectivity index (χ1v) is 8.67. The predicted octanol–water partition coefficient (Wildman–Crippen LogP) is 3.64. The minimum atomic E-state index is -4.44. The van der Waals surface area contributed by atoms with Gasteiger partial charge < -0.3 is 15.0 Å². The number of ether oxygens (including phenoxy) is 1. The van der Waals surface area contributed by atoms with E-state index in [9.17, 15) is 22.8 Å². The fourth-order valence-electron chi connectivity index (χ4n) is 2.47. The van der Waals surface area contributed by atoms with E-state index in [1.54, 1.807) is 12.1 Å². The zero-order valence-electron chi connectivity index (χ0n) is 15.3. The van der Waals surface area contributed by atoms with Crippen LogP contribution in [0.5, 0.6) is 5.75 Å². The Morgan fingerprint density at radius 2 is 1.68 bits per heavy atom. The van der Waals surface area contributed by atoms with Crippen LogP contribution in [0.1, 0.15) is 18.9 Å². The normalized spacial score (nSPS) is 11.0. The Labute approximate surface area is 161 Å². The van der Waals surface area contributed by atoms with Gasteiger partial charge in [-0.1, -0.05) is 18.2 Å². The number of nitrogens with one attached hydrogen (secondary N) is 1. The summed E-state index contributed by atoms with van der Waals surface area (Å²) in [7, 11) is 0. The molecule has 2 aromatic carbocycles. The maximum absolute atomic E-state index is 12.6. The van der Waals surface area contributed by atoms with E-state index in [2.05, 4.69) is 5.32 Å². The number of nitrogens with zero attached hydrogens (tertiary/aromatic N) is 1. The van der Waals surface area contributed by atoms with Crippen molar-refractivity contribution in [3.05, 3.63) is 60.2 Å². The molecule has 0 saturated heterocycles. The van der Waals surface area contributed by atoms with Crippen LogP contribution < -0.4 is 15.0 Å². The Morgan fingerprint density at radius 1 is 1.04 bits per heavy atom. The van der Waals surface area contributed by atoms with E-state index in [4.69, 9.17) is 4.74 Å². The minimum absolute atomic E-state index is 0.145. The van der Waals surface area contributed by atoms with Gasteiger partial charge in [0.25, 0.3) is 0 Å². The topological polar surface area (TPSA) is 58.6 Å². The predicted molar refractivity (Wildman–Crippen MR) is 99.0 cm³/mol. The first kappa shape index (κ1) is 21.3. The third-order valence-corrected chi connectivity index (χ3v) is 3.89. The highest BCUT2D eigenvalue weighted by Crippen LogP contribution is 2.30. The molecule has 2 rings (SSSR count). The van der Waals surface area contributed by atoms with E-state index in [1.807, 2.05) is 18.2 Å². The molecule has 0 spiro atoms. The summed E-state index contributed by atoms with van der Waals surface area (Å²) in [6.45, 7) is 1.84. The molecule has 28 heavy (non-hydrogen) atoms. The van der Waals surface area contributed by atoms with Crippen LogP contribution in [0.2, 0.25) is 0 Å². The van der Waals surface area contributed by atoms with Gasteiger partial charge in [0, 0.05) is 25.7 Å². The average Bonchev–Trinajstić information content (AvgIpc) is 2.65. The second-order valence-corrected chi connectivity index (χ2v) is 5.98. The van der Waals surface area contributed by atoms with Crippen molar-refractivity contribution in [3.8, 4) is 5.75 Å². The summed E-state index contributed by atoms with van der Waals surface area (Å²) in [5.41, 5.74) is -0.450. The van der Waals surface area contributed by atoms with Gasteiger partial charge in [0.15, 0.2) is 0 Å². The number of hydrogen-bond acceptors (Lipinski definition) is 3. The van der Waals surface area contributed by atoms with Gasteiger partial charge in [0.2, 0.25) is 11.8 Å². The van der Waals surface area contributed by atoms with Gasteiger partial charge in [0.05, 0.1) is 18.6 Å². The molecule has 0 aliphatic heterocycles. The molecule has 5 nitrogen and oxygen atoms in total. The van der Waals surface area contributed by atoms with Crippen LogP contribution in [0.4, 0.5) is 18.9 Å². The van der Waals surface area contributed by atoms with Crippen LogP contribution in [-0.2, 0) is 15.8 Å². The highest BCUT2D eigenvalue weighted by molar-refractivity contribution is 5.91. The number of amides is 2. The van der Waals surface area contributed by atoms with Gasteiger partial charge >= 0.3 is 6.18 Å². The maximum Gasteiger partial charge on any atom is 0.416 e. The van der Waals surface area contributed by atoms with Crippen LogP contribution in [0.3, 0.4) is 0 Å². The molecule has 0 aliphatic carbocycles. The number of rotatable bonds is 8. The summed E-state index contributed by atoms with van der Waals surface area (Å²) in [6, 6.07) is 13.4. The van der Waals surface area contributed by atoms with Crippen molar-refractivity contribution < 1.29 is 27.5 Å². The molecule has 0 aromatic heterocycles. The van der Waals surface area contributed by atoms with Gasteiger partial charge in [-0.15, -0.1) is 0 Å². The van der Waals surface area contributed by atoms with Crippen molar-refractivity contribution >= 4 is 17.5 Å². The molecular weight excluding hydrogens is 373 g/mol.